The van der Waals surface area contributed by atoms with Gasteiger partial charge in [0.05, 0.1) is 16.5 Å². The van der Waals surface area contributed by atoms with E-state index in [9.17, 15) is 22.8 Å². The lowest BCUT2D eigenvalue weighted by Crippen LogP contribution is -2.48. The van der Waals surface area contributed by atoms with Gasteiger partial charge < -0.3 is 14.8 Å². The lowest BCUT2D eigenvalue weighted by Gasteiger charge is -2.28. The summed E-state index contributed by atoms with van der Waals surface area (Å²) in [6, 6.07) is 18.4. The number of nitrogens with one attached hydrogen (secondary N) is 1. The van der Waals surface area contributed by atoms with E-state index in [-0.39, 0.29) is 41.6 Å². The number of esters is 1. The highest BCUT2D eigenvalue weighted by atomic mass is 32.2. The monoisotopic (exact) mass is 593 g/mol. The molecule has 1 spiro atoms. The van der Waals surface area contributed by atoms with Crippen molar-refractivity contribution < 1.29 is 27.5 Å². The summed E-state index contributed by atoms with van der Waals surface area (Å²) in [4.78, 5) is 38.4. The molecular formula is C29H27N3O7S2. The number of alkyl carbamates (subject to hydrolysis) is 1. The van der Waals surface area contributed by atoms with Crippen LogP contribution in [0.3, 0.4) is 0 Å². The lowest BCUT2D eigenvalue weighted by molar-refractivity contribution is 0.0372. The van der Waals surface area contributed by atoms with Gasteiger partial charge in [0, 0.05) is 23.5 Å². The van der Waals surface area contributed by atoms with Gasteiger partial charge in [-0.1, -0.05) is 42.5 Å². The molecule has 6 rings (SSSR count). The van der Waals surface area contributed by atoms with E-state index in [4.69, 9.17) is 9.47 Å². The average Bonchev–Trinajstić information content (AvgIpc) is 3.40. The van der Waals surface area contributed by atoms with Gasteiger partial charge in [-0.25, -0.2) is 18.0 Å². The Labute approximate surface area is 240 Å². The molecule has 3 heterocycles. The predicted molar refractivity (Wildman–Crippen MR) is 152 cm³/mol. The van der Waals surface area contributed by atoms with Crippen LogP contribution >= 0.6 is 11.3 Å². The summed E-state index contributed by atoms with van der Waals surface area (Å²) in [5.41, 5.74) is -0.338. The van der Waals surface area contributed by atoms with E-state index in [0.717, 1.165) is 5.56 Å². The third-order valence-electron chi connectivity index (χ3n) is 7.64. The van der Waals surface area contributed by atoms with Gasteiger partial charge in [-0.2, -0.15) is 4.31 Å². The zero-order valence-electron chi connectivity index (χ0n) is 21.9. The van der Waals surface area contributed by atoms with E-state index in [1.54, 1.807) is 29.6 Å². The van der Waals surface area contributed by atoms with Crippen molar-refractivity contribution in [1.82, 2.24) is 14.2 Å². The van der Waals surface area contributed by atoms with E-state index >= 15 is 0 Å². The second-order valence-corrected chi connectivity index (χ2v) is 12.9. The summed E-state index contributed by atoms with van der Waals surface area (Å²) < 4.78 is 41.3. The Kier molecular flexibility index (Phi) is 7.14. The molecule has 2 aromatic carbocycles. The Morgan fingerprint density at radius 3 is 2.51 bits per heavy atom. The number of benzene rings is 2. The largest absolute Gasteiger partial charge is 0.445 e. The smallest absolute Gasteiger partial charge is 0.407 e. The first-order valence-corrected chi connectivity index (χ1v) is 15.4. The average molecular weight is 594 g/mol. The molecule has 0 radical (unpaired) electrons. The molecule has 0 bridgehead atoms. The molecule has 1 atom stereocenters. The number of thiophene rings is 1. The number of rotatable bonds is 8. The fourth-order valence-electron chi connectivity index (χ4n) is 5.44. The Morgan fingerprint density at radius 2 is 1.78 bits per heavy atom. The summed E-state index contributed by atoms with van der Waals surface area (Å²) in [6.07, 6.45) is 2.52. The zero-order chi connectivity index (χ0) is 28.6. The first-order valence-electron chi connectivity index (χ1n) is 13.1. The molecule has 2 aromatic heterocycles. The van der Waals surface area contributed by atoms with E-state index in [1.807, 2.05) is 30.3 Å². The summed E-state index contributed by atoms with van der Waals surface area (Å²) in [7, 11) is -4.01. The quantitative estimate of drug-likeness (QED) is 0.305. The molecule has 41 heavy (non-hydrogen) atoms. The van der Waals surface area contributed by atoms with Crippen molar-refractivity contribution in [3.63, 3.8) is 0 Å². The molecule has 1 unspecified atom stereocenters. The number of carbonyl (C=O) groups excluding carboxylic acids is 2. The maximum atomic E-state index is 14.0. The first-order chi connectivity index (χ1) is 19.8. The number of amides is 1. The highest BCUT2D eigenvalue weighted by Crippen LogP contribution is 2.52. The minimum atomic E-state index is -4.01. The number of carbonyl (C=O) groups is 2. The minimum Gasteiger partial charge on any atom is -0.445 e. The van der Waals surface area contributed by atoms with Gasteiger partial charge in [0.1, 0.15) is 11.5 Å². The van der Waals surface area contributed by atoms with Crippen molar-refractivity contribution in [2.75, 3.05) is 6.54 Å². The van der Waals surface area contributed by atoms with Gasteiger partial charge in [0.25, 0.3) is 5.56 Å². The van der Waals surface area contributed by atoms with Gasteiger partial charge in [0.2, 0.25) is 10.0 Å². The highest BCUT2D eigenvalue weighted by Gasteiger charge is 2.62. The van der Waals surface area contributed by atoms with Crippen LogP contribution in [0.2, 0.25) is 0 Å². The van der Waals surface area contributed by atoms with Crippen molar-refractivity contribution in [3.05, 3.63) is 99.1 Å². The Hall–Kier alpha value is -4.00. The Balaban J connectivity index is 1.19. The molecule has 1 N–H and O–H groups in total. The number of hydrogen-bond acceptors (Lipinski definition) is 8. The molecule has 1 aliphatic carbocycles. The molecule has 1 saturated heterocycles. The van der Waals surface area contributed by atoms with E-state index < -0.39 is 33.2 Å². The van der Waals surface area contributed by atoms with E-state index in [0.29, 0.717) is 24.1 Å². The first kappa shape index (κ1) is 27.2. The number of aromatic nitrogens is 1. The summed E-state index contributed by atoms with van der Waals surface area (Å²) in [6.45, 7) is 0.0543. The van der Waals surface area contributed by atoms with Gasteiger partial charge in [0.15, 0.2) is 6.73 Å². The number of pyridine rings is 1. The molecule has 1 amide bonds. The van der Waals surface area contributed by atoms with Crippen molar-refractivity contribution in [3.8, 4) is 0 Å². The van der Waals surface area contributed by atoms with E-state index in [1.165, 1.54) is 38.5 Å². The number of fused-ring (bicyclic) bond motifs is 1. The van der Waals surface area contributed by atoms with Crippen LogP contribution in [0.1, 0.15) is 34.5 Å². The fourth-order valence-corrected chi connectivity index (χ4v) is 8.13. The van der Waals surface area contributed by atoms with Gasteiger partial charge >= 0.3 is 12.1 Å². The summed E-state index contributed by atoms with van der Waals surface area (Å²) in [5.74, 6) is -0.542. The molecule has 212 valence electrons. The van der Waals surface area contributed by atoms with Gasteiger partial charge in [-0.3, -0.25) is 9.36 Å². The lowest BCUT2D eigenvalue weighted by atomic mass is 10.1. The van der Waals surface area contributed by atoms with Crippen molar-refractivity contribution in [2.24, 2.45) is 0 Å². The van der Waals surface area contributed by atoms with Crippen LogP contribution in [-0.2, 0) is 32.8 Å². The summed E-state index contributed by atoms with van der Waals surface area (Å²) in [5, 5.41) is 5.12. The van der Waals surface area contributed by atoms with Crippen molar-refractivity contribution >= 4 is 44.2 Å². The minimum absolute atomic E-state index is 0.0217. The zero-order valence-corrected chi connectivity index (χ0v) is 23.5. The van der Waals surface area contributed by atoms with E-state index in [2.05, 4.69) is 5.32 Å². The SMILES string of the molecule is O=C(NC1CCN(S(=O)(=O)c2cccc3c(=O)n(COC(=O)c4cccs4)ccc23)C12CC2)OCc1ccccc1. The second-order valence-electron chi connectivity index (χ2n) is 10.1. The maximum Gasteiger partial charge on any atom is 0.407 e. The molecule has 2 fully saturated rings. The van der Waals surface area contributed by atoms with Crippen molar-refractivity contribution in [2.45, 2.75) is 49.1 Å². The van der Waals surface area contributed by atoms with Crippen LogP contribution in [0, 0.1) is 0 Å². The maximum absolute atomic E-state index is 14.0. The molecular weight excluding hydrogens is 566 g/mol. The number of ether oxygens (including phenoxy) is 2. The molecule has 4 aromatic rings. The molecule has 12 heteroatoms. The Morgan fingerprint density at radius 1 is 0.976 bits per heavy atom. The second kappa shape index (κ2) is 10.8. The Bertz CT molecular complexity index is 1770. The number of hydrogen-bond donors (Lipinski definition) is 1. The number of nitrogens with zero attached hydrogens (tertiary/aromatic N) is 2. The van der Waals surface area contributed by atoms with Crippen LogP contribution in [-0.4, -0.2) is 47.5 Å². The third-order valence-corrected chi connectivity index (χ3v) is 10.5. The normalized spacial score (nSPS) is 17.9. The third kappa shape index (κ3) is 5.14. The summed E-state index contributed by atoms with van der Waals surface area (Å²) >= 11 is 1.24. The standard InChI is InChI=1S/C29H27N3O7S2/c33-26-22-8-4-10-24(21(22)11-15-31(26)19-39-27(34)23-9-5-17-40-23)41(36,37)32-16-12-25(29(32)13-14-29)30-28(35)38-18-20-6-2-1-3-7-20/h1-11,15,17,25H,12-14,16,18-19H2,(H,30,35). The topological polar surface area (TPSA) is 124 Å². The van der Waals surface area contributed by atoms with Gasteiger partial charge in [-0.05, 0) is 54.5 Å². The van der Waals surface area contributed by atoms with Crippen LogP contribution in [0.4, 0.5) is 4.79 Å². The van der Waals surface area contributed by atoms with Gasteiger partial charge in [-0.15, -0.1) is 11.3 Å². The molecule has 2 aliphatic rings. The fraction of sp³-hybridized carbons (Fsp3) is 0.276. The predicted octanol–water partition coefficient (Wildman–Crippen LogP) is 4.10. The van der Waals surface area contributed by atoms with Crippen LogP contribution in [0.5, 0.6) is 0 Å². The van der Waals surface area contributed by atoms with Crippen LogP contribution < -0.4 is 10.9 Å². The van der Waals surface area contributed by atoms with Crippen LogP contribution in [0.15, 0.2) is 88.0 Å². The molecule has 1 saturated carbocycles. The van der Waals surface area contributed by atoms with Crippen molar-refractivity contribution in [1.29, 1.82) is 0 Å². The van der Waals surface area contributed by atoms with Crippen LogP contribution in [0.25, 0.3) is 10.8 Å². The number of sulfonamides is 1. The molecule has 1 aliphatic heterocycles. The highest BCUT2D eigenvalue weighted by molar-refractivity contribution is 7.89. The molecule has 10 nitrogen and oxygen atoms in total.